The van der Waals surface area contributed by atoms with Crippen LogP contribution in [0.4, 0.5) is 0 Å². The maximum absolute atomic E-state index is 10.5. The van der Waals surface area contributed by atoms with Crippen LogP contribution in [0.15, 0.2) is 0 Å². The third-order valence-corrected chi connectivity index (χ3v) is 3.47. The van der Waals surface area contributed by atoms with Crippen LogP contribution in [0.1, 0.15) is 39.0 Å². The number of hydrogen-bond acceptors (Lipinski definition) is 3. The summed E-state index contributed by atoms with van der Waals surface area (Å²) in [5, 5.41) is 8.59. The SMILES string of the molecule is CCC1CCC(CN)(OCC(=O)O)CC1. The molecule has 1 aliphatic carbocycles. The highest BCUT2D eigenvalue weighted by Gasteiger charge is 2.34. The van der Waals surface area contributed by atoms with Gasteiger partial charge in [-0.3, -0.25) is 0 Å². The lowest BCUT2D eigenvalue weighted by atomic mass is 9.77. The van der Waals surface area contributed by atoms with Gasteiger partial charge in [-0.15, -0.1) is 0 Å². The van der Waals surface area contributed by atoms with Crippen LogP contribution in [0.2, 0.25) is 0 Å². The summed E-state index contributed by atoms with van der Waals surface area (Å²) in [5.41, 5.74) is 5.32. The Morgan fingerprint density at radius 3 is 2.53 bits per heavy atom. The summed E-state index contributed by atoms with van der Waals surface area (Å²) >= 11 is 0. The first kappa shape index (κ1) is 12.5. The molecule has 0 aromatic carbocycles. The van der Waals surface area contributed by atoms with Crippen molar-refractivity contribution in [1.82, 2.24) is 0 Å². The highest BCUT2D eigenvalue weighted by Crippen LogP contribution is 2.35. The molecule has 4 heteroatoms. The monoisotopic (exact) mass is 215 g/mol. The van der Waals surface area contributed by atoms with E-state index in [1.165, 1.54) is 6.42 Å². The van der Waals surface area contributed by atoms with E-state index in [-0.39, 0.29) is 12.2 Å². The number of ether oxygens (including phenoxy) is 1. The molecule has 0 saturated heterocycles. The van der Waals surface area contributed by atoms with Crippen LogP contribution in [0.5, 0.6) is 0 Å². The van der Waals surface area contributed by atoms with Gasteiger partial charge < -0.3 is 15.6 Å². The summed E-state index contributed by atoms with van der Waals surface area (Å²) in [7, 11) is 0. The van der Waals surface area contributed by atoms with Crippen molar-refractivity contribution in [2.45, 2.75) is 44.6 Å². The van der Waals surface area contributed by atoms with Gasteiger partial charge in [0.1, 0.15) is 6.61 Å². The molecule has 4 nitrogen and oxygen atoms in total. The number of rotatable bonds is 5. The largest absolute Gasteiger partial charge is 0.480 e. The highest BCUT2D eigenvalue weighted by molar-refractivity contribution is 5.68. The molecule has 0 atom stereocenters. The Morgan fingerprint density at radius 2 is 2.13 bits per heavy atom. The number of aliphatic carboxylic acids is 1. The topological polar surface area (TPSA) is 72.5 Å². The summed E-state index contributed by atoms with van der Waals surface area (Å²) in [4.78, 5) is 10.5. The van der Waals surface area contributed by atoms with E-state index >= 15 is 0 Å². The third kappa shape index (κ3) is 3.47. The molecule has 1 saturated carbocycles. The normalized spacial score (nSPS) is 31.5. The maximum Gasteiger partial charge on any atom is 0.329 e. The van der Waals surface area contributed by atoms with E-state index in [2.05, 4.69) is 6.92 Å². The minimum Gasteiger partial charge on any atom is -0.480 e. The van der Waals surface area contributed by atoms with Gasteiger partial charge in [0.25, 0.3) is 0 Å². The van der Waals surface area contributed by atoms with E-state index in [0.29, 0.717) is 6.54 Å². The minimum atomic E-state index is -0.916. The lowest BCUT2D eigenvalue weighted by Gasteiger charge is -2.38. The summed E-state index contributed by atoms with van der Waals surface area (Å²) < 4.78 is 5.45. The van der Waals surface area contributed by atoms with Crippen molar-refractivity contribution in [2.24, 2.45) is 11.7 Å². The molecule has 0 radical (unpaired) electrons. The predicted molar refractivity (Wildman–Crippen MR) is 57.6 cm³/mol. The van der Waals surface area contributed by atoms with Crippen molar-refractivity contribution in [3.8, 4) is 0 Å². The van der Waals surface area contributed by atoms with Crippen molar-refractivity contribution < 1.29 is 14.6 Å². The second kappa shape index (κ2) is 5.47. The molecule has 1 rings (SSSR count). The molecular formula is C11H21NO3. The fraction of sp³-hybridized carbons (Fsp3) is 0.909. The fourth-order valence-corrected chi connectivity index (χ4v) is 2.23. The Hall–Kier alpha value is -0.610. The van der Waals surface area contributed by atoms with Gasteiger partial charge in [-0.2, -0.15) is 0 Å². The Bertz CT molecular complexity index is 210. The first-order chi connectivity index (χ1) is 7.12. The molecule has 0 unspecified atom stereocenters. The predicted octanol–water partition coefficient (Wildman–Crippen LogP) is 1.39. The van der Waals surface area contributed by atoms with Gasteiger partial charge in [0.2, 0.25) is 0 Å². The van der Waals surface area contributed by atoms with Crippen molar-refractivity contribution >= 4 is 5.97 Å². The molecule has 0 aromatic rings. The molecule has 88 valence electrons. The quantitative estimate of drug-likeness (QED) is 0.726. The number of carboxylic acid groups (broad SMARTS) is 1. The second-order valence-electron chi connectivity index (χ2n) is 4.42. The Balaban J connectivity index is 2.44. The Labute approximate surface area is 90.8 Å². The number of carboxylic acids is 1. The van der Waals surface area contributed by atoms with Gasteiger partial charge in [0.05, 0.1) is 5.60 Å². The molecule has 0 heterocycles. The maximum atomic E-state index is 10.5. The number of hydrogen-bond donors (Lipinski definition) is 2. The van der Waals surface area contributed by atoms with Crippen LogP contribution in [0.3, 0.4) is 0 Å². The van der Waals surface area contributed by atoms with Crippen LogP contribution < -0.4 is 5.73 Å². The van der Waals surface area contributed by atoms with E-state index in [9.17, 15) is 4.79 Å². The summed E-state index contributed by atoms with van der Waals surface area (Å²) in [6.07, 6.45) is 5.20. The lowest BCUT2D eigenvalue weighted by molar-refractivity contribution is -0.152. The van der Waals surface area contributed by atoms with Gasteiger partial charge in [-0.05, 0) is 31.6 Å². The summed E-state index contributed by atoms with van der Waals surface area (Å²) in [6.45, 7) is 2.39. The van der Waals surface area contributed by atoms with Crippen molar-refractivity contribution in [3.63, 3.8) is 0 Å². The second-order valence-corrected chi connectivity index (χ2v) is 4.42. The summed E-state index contributed by atoms with van der Waals surface area (Å²) in [5.74, 6) is -0.154. The standard InChI is InChI=1S/C11H21NO3/c1-2-9-3-5-11(8-12,6-4-9)15-7-10(13)14/h9H,2-8,12H2,1H3,(H,13,14). The van der Waals surface area contributed by atoms with Crippen LogP contribution >= 0.6 is 0 Å². The van der Waals surface area contributed by atoms with E-state index in [0.717, 1.165) is 31.6 Å². The van der Waals surface area contributed by atoms with Gasteiger partial charge in [-0.1, -0.05) is 13.3 Å². The molecule has 1 fully saturated rings. The Kier molecular flexibility index (Phi) is 4.54. The first-order valence-electron chi connectivity index (χ1n) is 5.67. The zero-order chi connectivity index (χ0) is 11.3. The van der Waals surface area contributed by atoms with Gasteiger partial charge in [-0.25, -0.2) is 4.79 Å². The average Bonchev–Trinajstić information content (AvgIpc) is 2.27. The van der Waals surface area contributed by atoms with E-state index < -0.39 is 5.97 Å². The number of carbonyl (C=O) groups is 1. The molecule has 3 N–H and O–H groups in total. The van der Waals surface area contributed by atoms with Crippen molar-refractivity contribution in [1.29, 1.82) is 0 Å². The minimum absolute atomic E-state index is 0.228. The van der Waals surface area contributed by atoms with Crippen LogP contribution in [-0.2, 0) is 9.53 Å². The smallest absolute Gasteiger partial charge is 0.329 e. The molecule has 0 spiro atoms. The van der Waals surface area contributed by atoms with Gasteiger partial charge in [0, 0.05) is 6.54 Å². The summed E-state index contributed by atoms with van der Waals surface area (Å²) in [6, 6.07) is 0. The van der Waals surface area contributed by atoms with E-state index in [4.69, 9.17) is 15.6 Å². The van der Waals surface area contributed by atoms with Gasteiger partial charge in [0.15, 0.2) is 0 Å². The molecule has 15 heavy (non-hydrogen) atoms. The molecule has 0 aliphatic heterocycles. The molecule has 1 aliphatic rings. The number of nitrogens with two attached hydrogens (primary N) is 1. The Morgan fingerprint density at radius 1 is 1.53 bits per heavy atom. The zero-order valence-electron chi connectivity index (χ0n) is 9.37. The average molecular weight is 215 g/mol. The molecule has 0 amide bonds. The highest BCUT2D eigenvalue weighted by atomic mass is 16.5. The van der Waals surface area contributed by atoms with Crippen molar-refractivity contribution in [2.75, 3.05) is 13.2 Å². The molecule has 0 bridgehead atoms. The fourth-order valence-electron chi connectivity index (χ4n) is 2.23. The van der Waals surface area contributed by atoms with Crippen LogP contribution in [0, 0.1) is 5.92 Å². The van der Waals surface area contributed by atoms with Gasteiger partial charge >= 0.3 is 5.97 Å². The lowest BCUT2D eigenvalue weighted by Crippen LogP contribution is -2.45. The van der Waals surface area contributed by atoms with E-state index in [1.54, 1.807) is 0 Å². The van der Waals surface area contributed by atoms with Crippen molar-refractivity contribution in [3.05, 3.63) is 0 Å². The van der Waals surface area contributed by atoms with Crippen LogP contribution in [0.25, 0.3) is 0 Å². The molecular weight excluding hydrogens is 194 g/mol. The first-order valence-corrected chi connectivity index (χ1v) is 5.67. The van der Waals surface area contributed by atoms with E-state index in [1.807, 2.05) is 0 Å². The third-order valence-electron chi connectivity index (χ3n) is 3.47. The molecule has 0 aromatic heterocycles. The zero-order valence-corrected chi connectivity index (χ0v) is 9.37. The van der Waals surface area contributed by atoms with Crippen LogP contribution in [-0.4, -0.2) is 29.8 Å².